The van der Waals surface area contributed by atoms with Crippen LogP contribution in [0.4, 0.5) is 4.79 Å². The molecule has 1 aromatic carbocycles. The fourth-order valence-corrected chi connectivity index (χ4v) is 4.02. The predicted octanol–water partition coefficient (Wildman–Crippen LogP) is 2.16. The first kappa shape index (κ1) is 17.2. The third-order valence-electron chi connectivity index (χ3n) is 5.12. The predicted molar refractivity (Wildman–Crippen MR) is 87.2 cm³/mol. The van der Waals surface area contributed by atoms with Crippen LogP contribution in [0.3, 0.4) is 0 Å². The van der Waals surface area contributed by atoms with Crippen LogP contribution in [0, 0.1) is 5.41 Å². The molecular formula is C18H25NO5. The van der Waals surface area contributed by atoms with Crippen molar-refractivity contribution >= 4 is 6.09 Å². The van der Waals surface area contributed by atoms with E-state index in [0.717, 1.165) is 5.56 Å². The molecule has 3 rings (SSSR count). The number of amides is 1. The molecule has 1 heterocycles. The first-order chi connectivity index (χ1) is 11.5. The molecule has 0 radical (unpaired) electrons. The summed E-state index contributed by atoms with van der Waals surface area (Å²) in [6, 6.07) is 9.57. The minimum atomic E-state index is -0.587. The second-order valence-electron chi connectivity index (χ2n) is 6.95. The number of carbonyl (C=O) groups is 1. The number of benzene rings is 1. The monoisotopic (exact) mass is 335 g/mol. The average Bonchev–Trinajstić information content (AvgIpc) is 2.57. The summed E-state index contributed by atoms with van der Waals surface area (Å²) in [5, 5.41) is 10.2. The molecule has 0 bridgehead atoms. The van der Waals surface area contributed by atoms with E-state index in [1.165, 1.54) is 0 Å². The largest absolute Gasteiger partial charge is 0.445 e. The Bertz CT molecular complexity index is 564. The second-order valence-corrected chi connectivity index (χ2v) is 6.95. The summed E-state index contributed by atoms with van der Waals surface area (Å²) >= 11 is 0. The number of hydrogen-bond acceptors (Lipinski definition) is 5. The molecule has 0 aromatic heterocycles. The standard InChI is InChI=1S/C18H25NO5/c1-22-18(23-2)11-17(12-18)8-15(20)9-19(13-17)16(21)24-10-14-6-4-3-5-7-14/h3-7,15,20H,8-13H2,1-2H3. The van der Waals surface area contributed by atoms with Crippen LogP contribution < -0.4 is 0 Å². The van der Waals surface area contributed by atoms with Crippen LogP contribution in [-0.2, 0) is 20.8 Å². The van der Waals surface area contributed by atoms with Crippen molar-refractivity contribution in [2.45, 2.75) is 37.8 Å². The number of carbonyl (C=O) groups excluding carboxylic acids is 1. The second kappa shape index (κ2) is 6.70. The highest BCUT2D eigenvalue weighted by molar-refractivity contribution is 5.68. The van der Waals surface area contributed by atoms with E-state index in [9.17, 15) is 9.90 Å². The summed E-state index contributed by atoms with van der Waals surface area (Å²) in [6.45, 7) is 1.10. The Balaban J connectivity index is 1.59. The topological polar surface area (TPSA) is 68.2 Å². The average molecular weight is 335 g/mol. The van der Waals surface area contributed by atoms with Gasteiger partial charge in [-0.3, -0.25) is 0 Å². The van der Waals surface area contributed by atoms with Crippen LogP contribution in [0.2, 0.25) is 0 Å². The van der Waals surface area contributed by atoms with Gasteiger partial charge in [0.2, 0.25) is 0 Å². The molecule has 6 nitrogen and oxygen atoms in total. The van der Waals surface area contributed by atoms with Gasteiger partial charge in [-0.2, -0.15) is 0 Å². The number of nitrogens with zero attached hydrogens (tertiary/aromatic N) is 1. The van der Waals surface area contributed by atoms with E-state index in [0.29, 0.717) is 32.4 Å². The molecule has 1 atom stereocenters. The number of likely N-dealkylation sites (tertiary alicyclic amines) is 1. The number of β-amino-alcohol motifs (C(OH)–C–C–N with tert-alkyl or cyclic N) is 1. The Morgan fingerprint density at radius 1 is 1.25 bits per heavy atom. The third kappa shape index (κ3) is 3.41. The van der Waals surface area contributed by atoms with Crippen molar-refractivity contribution in [1.82, 2.24) is 4.90 Å². The minimum Gasteiger partial charge on any atom is -0.445 e. The van der Waals surface area contributed by atoms with Crippen LogP contribution in [0.15, 0.2) is 30.3 Å². The molecule has 1 aliphatic carbocycles. The summed E-state index contributed by atoms with van der Waals surface area (Å²) in [5.41, 5.74) is 0.787. The van der Waals surface area contributed by atoms with E-state index < -0.39 is 11.9 Å². The van der Waals surface area contributed by atoms with Crippen molar-refractivity contribution in [1.29, 1.82) is 0 Å². The minimum absolute atomic E-state index is 0.157. The zero-order chi connectivity index (χ0) is 17.2. The van der Waals surface area contributed by atoms with Crippen molar-refractivity contribution in [2.24, 2.45) is 5.41 Å². The maximum Gasteiger partial charge on any atom is 0.410 e. The van der Waals surface area contributed by atoms with E-state index in [-0.39, 0.29) is 18.1 Å². The number of aliphatic hydroxyl groups is 1. The van der Waals surface area contributed by atoms with Gasteiger partial charge < -0.3 is 24.2 Å². The van der Waals surface area contributed by atoms with Crippen molar-refractivity contribution in [3.05, 3.63) is 35.9 Å². The zero-order valence-electron chi connectivity index (χ0n) is 14.2. The van der Waals surface area contributed by atoms with Gasteiger partial charge in [-0.1, -0.05) is 30.3 Å². The highest BCUT2D eigenvalue weighted by atomic mass is 16.7. The van der Waals surface area contributed by atoms with Crippen LogP contribution in [0.25, 0.3) is 0 Å². The van der Waals surface area contributed by atoms with E-state index in [1.807, 2.05) is 30.3 Å². The first-order valence-electron chi connectivity index (χ1n) is 8.24. The van der Waals surface area contributed by atoms with Gasteiger partial charge in [0, 0.05) is 45.6 Å². The van der Waals surface area contributed by atoms with Gasteiger partial charge in [0.05, 0.1) is 6.10 Å². The highest BCUT2D eigenvalue weighted by Crippen LogP contribution is 2.55. The van der Waals surface area contributed by atoms with Crippen LogP contribution in [-0.4, -0.2) is 55.3 Å². The maximum atomic E-state index is 12.4. The number of methoxy groups -OCH3 is 2. The van der Waals surface area contributed by atoms with Gasteiger partial charge in [-0.05, 0) is 12.0 Å². The van der Waals surface area contributed by atoms with Gasteiger partial charge in [0.25, 0.3) is 0 Å². The number of ether oxygens (including phenoxy) is 3. The zero-order valence-corrected chi connectivity index (χ0v) is 14.2. The quantitative estimate of drug-likeness (QED) is 0.854. The molecule has 2 fully saturated rings. The lowest BCUT2D eigenvalue weighted by atomic mass is 9.60. The molecule has 1 saturated heterocycles. The third-order valence-corrected chi connectivity index (χ3v) is 5.12. The number of piperidine rings is 1. The Hall–Kier alpha value is -1.63. The Morgan fingerprint density at radius 3 is 2.54 bits per heavy atom. The van der Waals surface area contributed by atoms with Crippen molar-refractivity contribution in [2.75, 3.05) is 27.3 Å². The molecule has 6 heteroatoms. The lowest BCUT2D eigenvalue weighted by molar-refractivity contribution is -0.307. The molecule has 2 aliphatic rings. The molecule has 132 valence electrons. The first-order valence-corrected chi connectivity index (χ1v) is 8.24. The van der Waals surface area contributed by atoms with Gasteiger partial charge in [0.15, 0.2) is 5.79 Å². The van der Waals surface area contributed by atoms with Crippen molar-refractivity contribution in [3.63, 3.8) is 0 Å². The fraction of sp³-hybridized carbons (Fsp3) is 0.611. The molecule has 24 heavy (non-hydrogen) atoms. The Labute approximate surface area is 142 Å². The summed E-state index contributed by atoms with van der Waals surface area (Å²) in [4.78, 5) is 14.0. The fourth-order valence-electron chi connectivity index (χ4n) is 4.02. The molecule has 1 spiro atoms. The molecule has 1 unspecified atom stereocenters. The van der Waals surface area contributed by atoms with E-state index >= 15 is 0 Å². The molecular weight excluding hydrogens is 310 g/mol. The summed E-state index contributed by atoms with van der Waals surface area (Å²) < 4.78 is 16.3. The van der Waals surface area contributed by atoms with E-state index in [1.54, 1.807) is 19.1 Å². The smallest absolute Gasteiger partial charge is 0.410 e. The van der Waals surface area contributed by atoms with Crippen molar-refractivity contribution < 1.29 is 24.1 Å². The summed E-state index contributed by atoms with van der Waals surface area (Å²) in [5.74, 6) is -0.587. The normalized spacial score (nSPS) is 24.5. The van der Waals surface area contributed by atoms with E-state index in [4.69, 9.17) is 14.2 Å². The molecule has 1 aromatic rings. The summed E-state index contributed by atoms with van der Waals surface area (Å²) in [7, 11) is 3.25. The van der Waals surface area contributed by atoms with Crippen molar-refractivity contribution in [3.8, 4) is 0 Å². The van der Waals surface area contributed by atoms with Crippen LogP contribution >= 0.6 is 0 Å². The molecule has 1 aliphatic heterocycles. The number of aliphatic hydroxyl groups excluding tert-OH is 1. The van der Waals surface area contributed by atoms with Gasteiger partial charge in [-0.25, -0.2) is 4.79 Å². The lowest BCUT2D eigenvalue weighted by Gasteiger charge is -2.58. The number of rotatable bonds is 4. The summed E-state index contributed by atoms with van der Waals surface area (Å²) in [6.07, 6.45) is 1.07. The molecule has 1 amide bonds. The highest BCUT2D eigenvalue weighted by Gasteiger charge is 2.58. The van der Waals surface area contributed by atoms with Gasteiger partial charge >= 0.3 is 6.09 Å². The molecule has 1 saturated carbocycles. The van der Waals surface area contributed by atoms with E-state index in [2.05, 4.69) is 0 Å². The van der Waals surface area contributed by atoms with Crippen LogP contribution in [0.1, 0.15) is 24.8 Å². The lowest BCUT2D eigenvalue weighted by Crippen LogP contribution is -2.63. The number of hydrogen-bond donors (Lipinski definition) is 1. The Kier molecular flexibility index (Phi) is 4.80. The maximum absolute atomic E-state index is 12.4. The van der Waals surface area contributed by atoms with Crippen LogP contribution in [0.5, 0.6) is 0 Å². The van der Waals surface area contributed by atoms with Gasteiger partial charge in [0.1, 0.15) is 6.61 Å². The Morgan fingerprint density at radius 2 is 1.92 bits per heavy atom. The van der Waals surface area contributed by atoms with Gasteiger partial charge in [-0.15, -0.1) is 0 Å². The SMILES string of the molecule is COC1(OC)CC2(CC(O)CN(C(=O)OCc3ccccc3)C2)C1. The molecule has 1 N–H and O–H groups in total.